The molecule has 2 rings (SSSR count). The largest absolute Gasteiger partial charge is 0.349 e. The Morgan fingerprint density at radius 2 is 1.90 bits per heavy atom. The number of nitriles is 1. The first-order chi connectivity index (χ1) is 14.4. The molecular formula is C25H36N4O. The third-order valence-corrected chi connectivity index (χ3v) is 5.71. The zero-order valence-corrected chi connectivity index (χ0v) is 19.2. The van der Waals surface area contributed by atoms with Crippen molar-refractivity contribution in [3.05, 3.63) is 52.3 Å². The Morgan fingerprint density at radius 3 is 2.50 bits per heavy atom. The highest BCUT2D eigenvalue weighted by atomic mass is 16.1. The molecule has 0 aliphatic rings. The lowest BCUT2D eigenvalue weighted by Gasteiger charge is -2.23. The third-order valence-electron chi connectivity index (χ3n) is 5.71. The Labute approximate surface area is 181 Å². The van der Waals surface area contributed by atoms with Gasteiger partial charge in [0.05, 0.1) is 30.8 Å². The molecule has 0 aliphatic heterocycles. The lowest BCUT2D eigenvalue weighted by atomic mass is 9.94. The van der Waals surface area contributed by atoms with Gasteiger partial charge in [-0.2, -0.15) is 10.4 Å². The molecule has 1 aromatic heterocycles. The second kappa shape index (κ2) is 11.5. The Balaban J connectivity index is 1.99. The number of hydrogen-bond donors (Lipinski definition) is 1. The summed E-state index contributed by atoms with van der Waals surface area (Å²) in [5.74, 6) is 0.375. The number of nitrogens with zero attached hydrogens (tertiary/aromatic N) is 3. The molecule has 30 heavy (non-hydrogen) atoms. The van der Waals surface area contributed by atoms with Crippen LogP contribution in [0.15, 0.2) is 24.3 Å². The summed E-state index contributed by atoms with van der Waals surface area (Å²) in [6, 6.07) is 10.9. The molecule has 0 radical (unpaired) electrons. The third kappa shape index (κ3) is 6.45. The number of unbranched alkanes of at least 4 members (excludes halogenated alkanes) is 1. The average molecular weight is 409 g/mol. The topological polar surface area (TPSA) is 70.7 Å². The smallest absolute Gasteiger partial charge is 0.220 e. The van der Waals surface area contributed by atoms with E-state index in [2.05, 4.69) is 61.5 Å². The number of benzene rings is 1. The van der Waals surface area contributed by atoms with E-state index in [9.17, 15) is 4.79 Å². The zero-order chi connectivity index (χ0) is 22.1. The Morgan fingerprint density at radius 1 is 1.20 bits per heavy atom. The highest BCUT2D eigenvalue weighted by Gasteiger charge is 2.19. The van der Waals surface area contributed by atoms with E-state index in [4.69, 9.17) is 5.26 Å². The van der Waals surface area contributed by atoms with Crippen LogP contribution in [-0.2, 0) is 24.2 Å². The minimum atomic E-state index is 0.0123. The lowest BCUT2D eigenvalue weighted by molar-refractivity contribution is -0.122. The number of aryl methyl sites for hydroxylation is 3. The van der Waals surface area contributed by atoms with E-state index in [1.54, 1.807) is 0 Å². The van der Waals surface area contributed by atoms with Crippen LogP contribution in [0.5, 0.6) is 0 Å². The van der Waals surface area contributed by atoms with Crippen molar-refractivity contribution in [1.29, 1.82) is 5.26 Å². The van der Waals surface area contributed by atoms with E-state index in [0.717, 1.165) is 28.9 Å². The number of aromatic nitrogens is 2. The quantitative estimate of drug-likeness (QED) is 0.555. The van der Waals surface area contributed by atoms with Crippen LogP contribution in [0.3, 0.4) is 0 Å². The van der Waals surface area contributed by atoms with Gasteiger partial charge in [0.25, 0.3) is 0 Å². The van der Waals surface area contributed by atoms with Gasteiger partial charge in [0.1, 0.15) is 0 Å². The second-order valence-electron chi connectivity index (χ2n) is 8.41. The van der Waals surface area contributed by atoms with Gasteiger partial charge in [-0.15, -0.1) is 0 Å². The fourth-order valence-corrected chi connectivity index (χ4v) is 3.86. The molecule has 1 amide bonds. The van der Waals surface area contributed by atoms with Gasteiger partial charge in [-0.05, 0) is 55.7 Å². The van der Waals surface area contributed by atoms with E-state index in [-0.39, 0.29) is 11.9 Å². The maximum atomic E-state index is 12.7. The maximum Gasteiger partial charge on any atom is 0.220 e. The molecule has 1 heterocycles. The second-order valence-corrected chi connectivity index (χ2v) is 8.41. The average Bonchev–Trinajstić information content (AvgIpc) is 3.00. The normalized spacial score (nSPS) is 12.0. The molecule has 1 aromatic carbocycles. The SMILES string of the molecule is CCCCc1ccc(C(NC(=O)CCc2c(C)nn(CCC#N)c2C)C(C)C)cc1. The lowest BCUT2D eigenvalue weighted by Crippen LogP contribution is -2.32. The van der Waals surface area contributed by atoms with Gasteiger partial charge in [-0.1, -0.05) is 51.5 Å². The first-order valence-corrected chi connectivity index (χ1v) is 11.1. The molecule has 0 saturated carbocycles. The first-order valence-electron chi connectivity index (χ1n) is 11.1. The molecule has 0 spiro atoms. The van der Waals surface area contributed by atoms with Crippen LogP contribution in [0.4, 0.5) is 0 Å². The van der Waals surface area contributed by atoms with Crippen LogP contribution in [0, 0.1) is 31.1 Å². The van der Waals surface area contributed by atoms with Gasteiger partial charge in [-0.25, -0.2) is 0 Å². The Bertz CT molecular complexity index is 859. The Kier molecular flexibility index (Phi) is 9.11. The van der Waals surface area contributed by atoms with Crippen LogP contribution in [-0.4, -0.2) is 15.7 Å². The summed E-state index contributed by atoms with van der Waals surface area (Å²) < 4.78 is 1.88. The van der Waals surface area contributed by atoms with Gasteiger partial charge in [0, 0.05) is 12.1 Å². The van der Waals surface area contributed by atoms with Crippen LogP contribution in [0.25, 0.3) is 0 Å². The van der Waals surface area contributed by atoms with Crippen molar-refractivity contribution in [1.82, 2.24) is 15.1 Å². The van der Waals surface area contributed by atoms with Gasteiger partial charge < -0.3 is 5.32 Å². The molecule has 0 fully saturated rings. The van der Waals surface area contributed by atoms with Crippen LogP contribution in [0.2, 0.25) is 0 Å². The summed E-state index contributed by atoms with van der Waals surface area (Å²) in [5, 5.41) is 16.6. The molecule has 5 heteroatoms. The van der Waals surface area contributed by atoms with Gasteiger partial charge in [-0.3, -0.25) is 9.48 Å². The van der Waals surface area contributed by atoms with Crippen molar-refractivity contribution in [3.8, 4) is 6.07 Å². The zero-order valence-electron chi connectivity index (χ0n) is 19.2. The predicted octanol–water partition coefficient (Wildman–Crippen LogP) is 5.20. The van der Waals surface area contributed by atoms with Crippen molar-refractivity contribution in [2.24, 2.45) is 5.92 Å². The highest BCUT2D eigenvalue weighted by Crippen LogP contribution is 2.23. The van der Waals surface area contributed by atoms with Crippen molar-refractivity contribution in [2.45, 2.75) is 85.7 Å². The molecule has 1 unspecified atom stereocenters. The summed E-state index contributed by atoms with van der Waals surface area (Å²) in [6.07, 6.45) is 5.05. The number of nitrogens with one attached hydrogen (secondary N) is 1. The minimum absolute atomic E-state index is 0.0123. The number of carbonyl (C=O) groups excluding carboxylic acids is 1. The van der Waals surface area contributed by atoms with E-state index < -0.39 is 0 Å². The minimum Gasteiger partial charge on any atom is -0.349 e. The van der Waals surface area contributed by atoms with Crippen molar-refractivity contribution < 1.29 is 4.79 Å². The van der Waals surface area contributed by atoms with Gasteiger partial charge in [0.2, 0.25) is 5.91 Å². The fourth-order valence-electron chi connectivity index (χ4n) is 3.86. The summed E-state index contributed by atoms with van der Waals surface area (Å²) in [5.41, 5.74) is 5.63. The highest BCUT2D eigenvalue weighted by molar-refractivity contribution is 5.76. The summed E-state index contributed by atoms with van der Waals surface area (Å²) in [7, 11) is 0. The number of amides is 1. The molecule has 162 valence electrons. The fraction of sp³-hybridized carbons (Fsp3) is 0.560. The van der Waals surface area contributed by atoms with E-state index in [0.29, 0.717) is 31.7 Å². The van der Waals surface area contributed by atoms with Crippen molar-refractivity contribution >= 4 is 5.91 Å². The molecule has 0 saturated heterocycles. The predicted molar refractivity (Wildman–Crippen MR) is 121 cm³/mol. The molecular weight excluding hydrogens is 372 g/mol. The van der Waals surface area contributed by atoms with E-state index in [1.807, 2.05) is 18.5 Å². The summed E-state index contributed by atoms with van der Waals surface area (Å²) in [4.78, 5) is 12.7. The molecule has 0 aliphatic carbocycles. The monoisotopic (exact) mass is 408 g/mol. The molecule has 1 N–H and O–H groups in total. The standard InChI is InChI=1S/C25H36N4O/c1-6-7-9-21-10-12-22(13-11-21)25(18(2)3)27-24(30)15-14-23-19(4)28-29(20(23)5)17-8-16-26/h10-13,18,25H,6-9,14-15,17H2,1-5H3,(H,27,30). The molecule has 5 nitrogen and oxygen atoms in total. The molecule has 0 bridgehead atoms. The number of carbonyl (C=O) groups is 1. The summed E-state index contributed by atoms with van der Waals surface area (Å²) >= 11 is 0. The van der Waals surface area contributed by atoms with Crippen molar-refractivity contribution in [3.63, 3.8) is 0 Å². The number of rotatable bonds is 11. The van der Waals surface area contributed by atoms with E-state index >= 15 is 0 Å². The van der Waals surface area contributed by atoms with E-state index in [1.165, 1.54) is 18.4 Å². The van der Waals surface area contributed by atoms with Gasteiger partial charge >= 0.3 is 0 Å². The van der Waals surface area contributed by atoms with Crippen LogP contribution in [0.1, 0.15) is 80.6 Å². The Hall–Kier alpha value is -2.61. The molecule has 1 atom stereocenters. The molecule has 2 aromatic rings. The first kappa shape index (κ1) is 23.7. The van der Waals surface area contributed by atoms with Gasteiger partial charge in [0.15, 0.2) is 0 Å². The maximum absolute atomic E-state index is 12.7. The summed E-state index contributed by atoms with van der Waals surface area (Å²) in [6.45, 7) is 11.1. The van der Waals surface area contributed by atoms with Crippen LogP contribution >= 0.6 is 0 Å². The van der Waals surface area contributed by atoms with Crippen molar-refractivity contribution in [2.75, 3.05) is 0 Å². The number of hydrogen-bond acceptors (Lipinski definition) is 3. The van der Waals surface area contributed by atoms with Crippen LogP contribution < -0.4 is 5.32 Å².